The number of carbonyl (C=O) groups excluding carboxylic acids is 1. The van der Waals surface area contributed by atoms with Gasteiger partial charge in [0.25, 0.3) is 0 Å². The Morgan fingerprint density at radius 1 is 1.60 bits per heavy atom. The minimum absolute atomic E-state index is 0.170. The third kappa shape index (κ3) is 2.80. The number of hydrogen-bond acceptors (Lipinski definition) is 1. The molecule has 0 bridgehead atoms. The van der Waals surface area contributed by atoms with Gasteiger partial charge in [-0.3, -0.25) is 4.79 Å². The van der Waals surface area contributed by atoms with Crippen LogP contribution in [0.4, 0.5) is 0 Å². The second-order valence-electron chi connectivity index (χ2n) is 4.87. The molecule has 0 aromatic carbocycles. The molecule has 1 heteroatoms. The molecule has 15 heavy (non-hydrogen) atoms. The van der Waals surface area contributed by atoms with Gasteiger partial charge in [-0.15, -0.1) is 0 Å². The third-order valence-electron chi connectivity index (χ3n) is 3.62. The molecule has 1 aliphatic carbocycles. The standard InChI is InChI=1S/C14H22O/c1-5-13(15)11(2)10-14(4)9-7-6-8-12(14)3/h6,8,10,12H,5,7,9H2,1-4H3. The minimum Gasteiger partial charge on any atom is -0.295 e. The molecule has 0 fully saturated rings. The predicted octanol–water partition coefficient (Wildman–Crippen LogP) is 3.90. The van der Waals surface area contributed by atoms with Crippen molar-refractivity contribution in [3.05, 3.63) is 23.8 Å². The van der Waals surface area contributed by atoms with Crippen molar-refractivity contribution < 1.29 is 4.79 Å². The van der Waals surface area contributed by atoms with Gasteiger partial charge < -0.3 is 0 Å². The maximum Gasteiger partial charge on any atom is 0.158 e. The van der Waals surface area contributed by atoms with Crippen LogP contribution in [-0.4, -0.2) is 5.78 Å². The first kappa shape index (κ1) is 12.2. The van der Waals surface area contributed by atoms with Crippen LogP contribution < -0.4 is 0 Å². The summed E-state index contributed by atoms with van der Waals surface area (Å²) in [7, 11) is 0. The van der Waals surface area contributed by atoms with Crippen LogP contribution in [0.5, 0.6) is 0 Å². The molecule has 0 N–H and O–H groups in total. The first-order valence-corrected chi connectivity index (χ1v) is 5.89. The largest absolute Gasteiger partial charge is 0.295 e. The highest BCUT2D eigenvalue weighted by Crippen LogP contribution is 2.39. The van der Waals surface area contributed by atoms with Crippen LogP contribution >= 0.6 is 0 Å². The maximum atomic E-state index is 11.5. The second kappa shape index (κ2) is 4.78. The highest BCUT2D eigenvalue weighted by molar-refractivity contribution is 5.94. The summed E-state index contributed by atoms with van der Waals surface area (Å²) < 4.78 is 0. The summed E-state index contributed by atoms with van der Waals surface area (Å²) in [5.74, 6) is 0.809. The van der Waals surface area contributed by atoms with Crippen molar-refractivity contribution in [1.82, 2.24) is 0 Å². The Morgan fingerprint density at radius 2 is 2.27 bits per heavy atom. The molecule has 0 aromatic rings. The number of carbonyl (C=O) groups is 1. The van der Waals surface area contributed by atoms with Gasteiger partial charge in [0.05, 0.1) is 0 Å². The minimum atomic E-state index is 0.170. The molecule has 0 aromatic heterocycles. The number of Topliss-reactive ketones (excluding diaryl/α,β-unsaturated/α-hetero) is 1. The molecule has 2 unspecified atom stereocenters. The van der Waals surface area contributed by atoms with E-state index in [1.54, 1.807) is 0 Å². The smallest absolute Gasteiger partial charge is 0.158 e. The molecule has 0 saturated carbocycles. The van der Waals surface area contributed by atoms with E-state index in [-0.39, 0.29) is 11.2 Å². The van der Waals surface area contributed by atoms with E-state index >= 15 is 0 Å². The molecular formula is C14H22O. The van der Waals surface area contributed by atoms with E-state index in [0.717, 1.165) is 18.4 Å². The summed E-state index contributed by atoms with van der Waals surface area (Å²) in [6.45, 7) is 8.36. The van der Waals surface area contributed by atoms with E-state index in [0.29, 0.717) is 12.3 Å². The number of rotatable bonds is 3. The van der Waals surface area contributed by atoms with Crippen LogP contribution in [-0.2, 0) is 4.79 Å². The first-order valence-electron chi connectivity index (χ1n) is 5.89. The second-order valence-corrected chi connectivity index (χ2v) is 4.87. The summed E-state index contributed by atoms with van der Waals surface area (Å²) in [6, 6.07) is 0. The van der Waals surface area contributed by atoms with Crippen LogP contribution in [0.2, 0.25) is 0 Å². The summed E-state index contributed by atoms with van der Waals surface area (Å²) in [5, 5.41) is 0. The molecule has 0 saturated heterocycles. The van der Waals surface area contributed by atoms with E-state index in [1.165, 1.54) is 0 Å². The highest BCUT2D eigenvalue weighted by Gasteiger charge is 2.29. The average Bonchev–Trinajstić information content (AvgIpc) is 2.21. The van der Waals surface area contributed by atoms with Gasteiger partial charge >= 0.3 is 0 Å². The Labute approximate surface area is 93.3 Å². The summed E-state index contributed by atoms with van der Waals surface area (Å²) in [5.41, 5.74) is 1.10. The van der Waals surface area contributed by atoms with Gasteiger partial charge in [-0.2, -0.15) is 0 Å². The average molecular weight is 206 g/mol. The predicted molar refractivity (Wildman–Crippen MR) is 64.7 cm³/mol. The molecule has 0 spiro atoms. The van der Waals surface area contributed by atoms with Gasteiger partial charge in [-0.25, -0.2) is 0 Å². The summed E-state index contributed by atoms with van der Waals surface area (Å²) in [6.07, 6.45) is 9.60. The maximum absolute atomic E-state index is 11.5. The molecule has 1 nitrogen and oxygen atoms in total. The quantitative estimate of drug-likeness (QED) is 0.505. The van der Waals surface area contributed by atoms with Gasteiger partial charge in [0.1, 0.15) is 0 Å². The molecule has 1 aliphatic rings. The van der Waals surface area contributed by atoms with Crippen molar-refractivity contribution in [2.75, 3.05) is 0 Å². The van der Waals surface area contributed by atoms with E-state index in [4.69, 9.17) is 0 Å². The fraction of sp³-hybridized carbons (Fsp3) is 0.643. The van der Waals surface area contributed by atoms with Crippen LogP contribution in [0, 0.1) is 11.3 Å². The number of ketones is 1. The topological polar surface area (TPSA) is 17.1 Å². The Bertz CT molecular complexity index is 298. The lowest BCUT2D eigenvalue weighted by Gasteiger charge is -2.34. The molecular weight excluding hydrogens is 184 g/mol. The Hall–Kier alpha value is -0.850. The fourth-order valence-corrected chi connectivity index (χ4v) is 2.20. The lowest BCUT2D eigenvalue weighted by atomic mass is 9.70. The van der Waals surface area contributed by atoms with Crippen molar-refractivity contribution in [2.45, 2.75) is 47.0 Å². The van der Waals surface area contributed by atoms with E-state index in [2.05, 4.69) is 32.1 Å². The van der Waals surface area contributed by atoms with Crippen molar-refractivity contribution in [1.29, 1.82) is 0 Å². The molecule has 84 valence electrons. The van der Waals surface area contributed by atoms with E-state index in [1.807, 2.05) is 13.8 Å². The van der Waals surface area contributed by atoms with Gasteiger partial charge in [0.2, 0.25) is 0 Å². The van der Waals surface area contributed by atoms with Crippen molar-refractivity contribution >= 4 is 5.78 Å². The number of hydrogen-bond donors (Lipinski definition) is 0. The zero-order valence-corrected chi connectivity index (χ0v) is 10.3. The van der Waals surface area contributed by atoms with Gasteiger partial charge in [-0.05, 0) is 36.7 Å². The van der Waals surface area contributed by atoms with Crippen LogP contribution in [0.3, 0.4) is 0 Å². The molecule has 0 radical (unpaired) electrons. The highest BCUT2D eigenvalue weighted by atomic mass is 16.1. The molecule has 0 aliphatic heterocycles. The van der Waals surface area contributed by atoms with Crippen molar-refractivity contribution in [2.24, 2.45) is 11.3 Å². The van der Waals surface area contributed by atoms with Gasteiger partial charge in [0, 0.05) is 6.42 Å². The Morgan fingerprint density at radius 3 is 2.80 bits per heavy atom. The van der Waals surface area contributed by atoms with Crippen molar-refractivity contribution in [3.63, 3.8) is 0 Å². The SMILES string of the molecule is CCC(=O)C(C)=CC1(C)CCC=CC1C. The lowest BCUT2D eigenvalue weighted by molar-refractivity contribution is -0.115. The molecule has 0 heterocycles. The molecule has 0 amide bonds. The first-order chi connectivity index (χ1) is 6.99. The molecule has 2 atom stereocenters. The zero-order chi connectivity index (χ0) is 11.5. The summed E-state index contributed by atoms with van der Waals surface area (Å²) >= 11 is 0. The molecule has 1 rings (SSSR count). The van der Waals surface area contributed by atoms with Crippen LogP contribution in [0.1, 0.15) is 47.0 Å². The van der Waals surface area contributed by atoms with Crippen molar-refractivity contribution in [3.8, 4) is 0 Å². The Kier molecular flexibility index (Phi) is 3.90. The third-order valence-corrected chi connectivity index (χ3v) is 3.62. The monoisotopic (exact) mass is 206 g/mol. The fourth-order valence-electron chi connectivity index (χ4n) is 2.20. The van der Waals surface area contributed by atoms with E-state index < -0.39 is 0 Å². The Balaban J connectivity index is 2.87. The normalized spacial score (nSPS) is 31.7. The van der Waals surface area contributed by atoms with E-state index in [9.17, 15) is 4.79 Å². The number of allylic oxidation sites excluding steroid dienone is 4. The van der Waals surface area contributed by atoms with Gasteiger partial charge in [-0.1, -0.05) is 39.0 Å². The summed E-state index contributed by atoms with van der Waals surface area (Å²) in [4.78, 5) is 11.5. The van der Waals surface area contributed by atoms with Gasteiger partial charge in [0.15, 0.2) is 5.78 Å². The zero-order valence-electron chi connectivity index (χ0n) is 10.3. The lowest BCUT2D eigenvalue weighted by Crippen LogP contribution is -2.25. The van der Waals surface area contributed by atoms with Crippen LogP contribution in [0.15, 0.2) is 23.8 Å². The van der Waals surface area contributed by atoms with Crippen LogP contribution in [0.25, 0.3) is 0 Å².